The third kappa shape index (κ3) is 5.84. The average molecular weight is 445 g/mol. The fourth-order valence-corrected chi connectivity index (χ4v) is 3.37. The van der Waals surface area contributed by atoms with Crippen LogP contribution in [0.4, 0.5) is 0 Å². The van der Waals surface area contributed by atoms with E-state index in [1.165, 1.54) is 17.7 Å². The molecule has 0 bridgehead atoms. The molecular formula is C17H24IN3OS. The Morgan fingerprint density at radius 2 is 2.09 bits per heavy atom. The van der Waals surface area contributed by atoms with Crippen LogP contribution in [0.5, 0.6) is 0 Å². The number of furan rings is 1. The van der Waals surface area contributed by atoms with Gasteiger partial charge in [-0.15, -0.1) is 35.3 Å². The predicted molar refractivity (Wildman–Crippen MR) is 107 cm³/mol. The number of rotatable bonds is 6. The summed E-state index contributed by atoms with van der Waals surface area (Å²) in [6.07, 6.45) is 6.18. The van der Waals surface area contributed by atoms with Crippen LogP contribution >= 0.6 is 35.3 Å². The monoisotopic (exact) mass is 445 g/mol. The first-order chi connectivity index (χ1) is 10.9. The van der Waals surface area contributed by atoms with Crippen LogP contribution in [-0.2, 0) is 12.8 Å². The number of hydrogen-bond acceptors (Lipinski definition) is 3. The van der Waals surface area contributed by atoms with Crippen LogP contribution < -0.4 is 5.32 Å². The number of hydrogen-bond donors (Lipinski definition) is 1. The number of nitrogens with one attached hydrogen (secondary N) is 1. The van der Waals surface area contributed by atoms with Crippen molar-refractivity contribution in [3.05, 3.63) is 46.5 Å². The van der Waals surface area contributed by atoms with Crippen molar-refractivity contribution < 1.29 is 4.42 Å². The lowest BCUT2D eigenvalue weighted by Crippen LogP contribution is -2.40. The van der Waals surface area contributed by atoms with Gasteiger partial charge in [-0.25, -0.2) is 0 Å². The van der Waals surface area contributed by atoms with E-state index in [9.17, 15) is 0 Å². The molecule has 23 heavy (non-hydrogen) atoms. The second kappa shape index (κ2) is 9.97. The first-order valence-corrected chi connectivity index (χ1v) is 8.88. The van der Waals surface area contributed by atoms with Gasteiger partial charge in [-0.05, 0) is 36.4 Å². The average Bonchev–Trinajstić information content (AvgIpc) is 3.28. The third-order valence-electron chi connectivity index (χ3n) is 3.84. The summed E-state index contributed by atoms with van der Waals surface area (Å²) in [5, 5.41) is 5.63. The van der Waals surface area contributed by atoms with Crippen molar-refractivity contribution in [3.8, 4) is 0 Å². The van der Waals surface area contributed by atoms with E-state index in [1.54, 1.807) is 6.26 Å². The van der Waals surface area contributed by atoms with Gasteiger partial charge in [0.05, 0.1) is 6.26 Å². The summed E-state index contributed by atoms with van der Waals surface area (Å²) >= 11 is 1.81. The molecule has 0 atom stereocenters. The van der Waals surface area contributed by atoms with Gasteiger partial charge in [0.2, 0.25) is 0 Å². The molecule has 3 heterocycles. The lowest BCUT2D eigenvalue weighted by atomic mass is 10.3. The van der Waals surface area contributed by atoms with Crippen molar-refractivity contribution in [2.45, 2.75) is 25.7 Å². The molecule has 0 saturated carbocycles. The number of halogens is 1. The van der Waals surface area contributed by atoms with E-state index in [4.69, 9.17) is 9.41 Å². The van der Waals surface area contributed by atoms with E-state index in [1.807, 2.05) is 23.5 Å². The Balaban J connectivity index is 0.00000192. The summed E-state index contributed by atoms with van der Waals surface area (Å²) in [4.78, 5) is 8.58. The summed E-state index contributed by atoms with van der Waals surface area (Å²) in [7, 11) is 0. The SMILES string of the molecule is I.c1coc(CCNC(=NCCc2cccs2)N2CCCC2)c1. The highest BCUT2D eigenvalue weighted by molar-refractivity contribution is 14.0. The molecule has 1 aliphatic rings. The second-order valence-corrected chi connectivity index (χ2v) is 6.52. The summed E-state index contributed by atoms with van der Waals surface area (Å²) in [5.41, 5.74) is 0. The van der Waals surface area contributed by atoms with E-state index >= 15 is 0 Å². The van der Waals surface area contributed by atoms with Gasteiger partial charge >= 0.3 is 0 Å². The quantitative estimate of drug-likeness (QED) is 0.418. The van der Waals surface area contributed by atoms with E-state index in [0.29, 0.717) is 0 Å². The van der Waals surface area contributed by atoms with Crippen molar-refractivity contribution in [2.75, 3.05) is 26.2 Å². The smallest absolute Gasteiger partial charge is 0.193 e. The van der Waals surface area contributed by atoms with Gasteiger partial charge in [0.25, 0.3) is 0 Å². The normalized spacial score (nSPS) is 14.8. The standard InChI is InChI=1S/C17H23N3OS.HI/c1-2-12-20(11-1)17(18-9-7-15-5-3-13-21-15)19-10-8-16-6-4-14-22-16;/h3-6,13-14H,1-2,7-12H2,(H,18,19);1H. The minimum absolute atomic E-state index is 0. The largest absolute Gasteiger partial charge is 0.469 e. The van der Waals surface area contributed by atoms with Gasteiger partial charge in [0.1, 0.15) is 5.76 Å². The second-order valence-electron chi connectivity index (χ2n) is 5.48. The lowest BCUT2D eigenvalue weighted by Gasteiger charge is -2.21. The summed E-state index contributed by atoms with van der Waals surface area (Å²) in [5.74, 6) is 2.08. The maximum absolute atomic E-state index is 5.38. The molecule has 0 radical (unpaired) electrons. The zero-order valence-corrected chi connectivity index (χ0v) is 16.4. The molecule has 2 aromatic heterocycles. The van der Waals surface area contributed by atoms with Crippen LogP contribution in [0, 0.1) is 0 Å². The minimum atomic E-state index is 0. The maximum Gasteiger partial charge on any atom is 0.193 e. The molecule has 6 heteroatoms. The third-order valence-corrected chi connectivity index (χ3v) is 4.78. The zero-order valence-electron chi connectivity index (χ0n) is 13.2. The van der Waals surface area contributed by atoms with Crippen LogP contribution in [0.25, 0.3) is 0 Å². The molecular weight excluding hydrogens is 421 g/mol. The molecule has 0 unspecified atom stereocenters. The lowest BCUT2D eigenvalue weighted by molar-refractivity contribution is 0.480. The number of guanidine groups is 1. The number of likely N-dealkylation sites (tertiary alicyclic amines) is 1. The Morgan fingerprint density at radius 1 is 1.22 bits per heavy atom. The molecule has 1 fully saturated rings. The van der Waals surface area contributed by atoms with Gasteiger partial charge in [0, 0.05) is 43.9 Å². The molecule has 4 nitrogen and oxygen atoms in total. The van der Waals surface area contributed by atoms with Crippen LogP contribution in [-0.4, -0.2) is 37.0 Å². The first kappa shape index (κ1) is 18.3. The van der Waals surface area contributed by atoms with E-state index < -0.39 is 0 Å². The summed E-state index contributed by atoms with van der Waals surface area (Å²) in [6.45, 7) is 3.94. The van der Waals surface area contributed by atoms with Crippen LogP contribution in [0.15, 0.2) is 45.3 Å². The predicted octanol–water partition coefficient (Wildman–Crippen LogP) is 3.79. The molecule has 126 valence electrons. The Kier molecular flexibility index (Phi) is 7.94. The minimum Gasteiger partial charge on any atom is -0.469 e. The highest BCUT2D eigenvalue weighted by Crippen LogP contribution is 2.10. The van der Waals surface area contributed by atoms with Crippen LogP contribution in [0.1, 0.15) is 23.5 Å². The number of thiophene rings is 1. The maximum atomic E-state index is 5.38. The topological polar surface area (TPSA) is 40.8 Å². The fourth-order valence-electron chi connectivity index (χ4n) is 2.68. The molecule has 1 aliphatic heterocycles. The highest BCUT2D eigenvalue weighted by Gasteiger charge is 2.15. The van der Waals surface area contributed by atoms with Gasteiger partial charge in [0.15, 0.2) is 5.96 Å². The Hall–Kier alpha value is -1.02. The van der Waals surface area contributed by atoms with Gasteiger partial charge < -0.3 is 14.6 Å². The van der Waals surface area contributed by atoms with Crippen molar-refractivity contribution in [3.63, 3.8) is 0 Å². The van der Waals surface area contributed by atoms with Crippen molar-refractivity contribution >= 4 is 41.3 Å². The van der Waals surface area contributed by atoms with E-state index in [0.717, 1.165) is 50.7 Å². The Morgan fingerprint density at radius 3 is 2.78 bits per heavy atom. The van der Waals surface area contributed by atoms with Gasteiger partial charge in [-0.2, -0.15) is 0 Å². The summed E-state index contributed by atoms with van der Waals surface area (Å²) in [6, 6.07) is 8.24. The van der Waals surface area contributed by atoms with E-state index in [2.05, 4.69) is 27.7 Å². The number of nitrogens with zero attached hydrogens (tertiary/aromatic N) is 2. The molecule has 0 aliphatic carbocycles. The molecule has 2 aromatic rings. The zero-order chi connectivity index (χ0) is 15.0. The first-order valence-electron chi connectivity index (χ1n) is 8.00. The molecule has 1 N–H and O–H groups in total. The van der Waals surface area contributed by atoms with Crippen LogP contribution in [0.2, 0.25) is 0 Å². The van der Waals surface area contributed by atoms with Gasteiger partial charge in [-0.3, -0.25) is 4.99 Å². The van der Waals surface area contributed by atoms with Crippen molar-refractivity contribution in [2.24, 2.45) is 4.99 Å². The number of aliphatic imine (C=N–C) groups is 1. The fraction of sp³-hybridized carbons (Fsp3) is 0.471. The van der Waals surface area contributed by atoms with Crippen LogP contribution in [0.3, 0.4) is 0 Å². The molecule has 0 amide bonds. The highest BCUT2D eigenvalue weighted by atomic mass is 127. The molecule has 0 spiro atoms. The molecule has 1 saturated heterocycles. The summed E-state index contributed by atoms with van der Waals surface area (Å²) < 4.78 is 5.38. The van der Waals surface area contributed by atoms with E-state index in [-0.39, 0.29) is 24.0 Å². The Bertz CT molecular complexity index is 563. The van der Waals surface area contributed by atoms with Crippen molar-refractivity contribution in [1.29, 1.82) is 0 Å². The molecule has 0 aromatic carbocycles. The Labute approximate surface area is 159 Å². The molecule has 3 rings (SSSR count). The van der Waals surface area contributed by atoms with Gasteiger partial charge in [-0.1, -0.05) is 6.07 Å². The van der Waals surface area contributed by atoms with Crippen molar-refractivity contribution in [1.82, 2.24) is 10.2 Å².